The zero-order chi connectivity index (χ0) is 12.0. The molecule has 0 radical (unpaired) electrons. The van der Waals surface area contributed by atoms with Gasteiger partial charge in [0.25, 0.3) is 0 Å². The predicted molar refractivity (Wildman–Crippen MR) is 65.8 cm³/mol. The Morgan fingerprint density at radius 2 is 2.35 bits per heavy atom. The van der Waals surface area contributed by atoms with Gasteiger partial charge in [0, 0.05) is 21.2 Å². The van der Waals surface area contributed by atoms with Crippen molar-refractivity contribution in [3.63, 3.8) is 0 Å². The van der Waals surface area contributed by atoms with E-state index in [2.05, 4.69) is 5.16 Å². The van der Waals surface area contributed by atoms with Gasteiger partial charge in [-0.15, -0.1) is 11.3 Å². The topological polar surface area (TPSA) is 58.9 Å². The Morgan fingerprint density at radius 1 is 1.53 bits per heavy atom. The highest BCUT2D eigenvalue weighted by atomic mass is 35.5. The van der Waals surface area contributed by atoms with Crippen LogP contribution in [0.3, 0.4) is 0 Å². The Morgan fingerprint density at radius 3 is 3.12 bits per heavy atom. The van der Waals surface area contributed by atoms with Crippen LogP contribution in [0, 0.1) is 0 Å². The minimum atomic E-state index is -1.09. The van der Waals surface area contributed by atoms with Crippen LogP contribution in [-0.2, 0) is 16.2 Å². The van der Waals surface area contributed by atoms with Gasteiger partial charge in [0.05, 0.1) is 4.34 Å². The van der Waals surface area contributed by atoms with Gasteiger partial charge in [0.1, 0.15) is 6.61 Å². The number of aliphatic carboxylic acids is 1. The van der Waals surface area contributed by atoms with Crippen LogP contribution in [0.4, 0.5) is 0 Å². The number of oxime groups is 1. The fourth-order valence-corrected chi connectivity index (χ4v) is 3.05. The first-order valence-electron chi connectivity index (χ1n) is 4.81. The summed E-state index contributed by atoms with van der Waals surface area (Å²) < 4.78 is 1.69. The van der Waals surface area contributed by atoms with Crippen LogP contribution >= 0.6 is 22.9 Å². The van der Waals surface area contributed by atoms with Gasteiger partial charge in [-0.2, -0.15) is 0 Å². The summed E-state index contributed by atoms with van der Waals surface area (Å²) >= 11 is 7.41. The number of hydrogen-bond acceptors (Lipinski definition) is 4. The van der Waals surface area contributed by atoms with E-state index in [4.69, 9.17) is 21.5 Å². The van der Waals surface area contributed by atoms with Crippen molar-refractivity contribution in [2.24, 2.45) is 5.16 Å². The quantitative estimate of drug-likeness (QED) is 0.864. The van der Waals surface area contributed by atoms with Gasteiger partial charge in [-0.1, -0.05) is 22.8 Å². The number of fused-ring (bicyclic) bond motifs is 3. The molecule has 6 heteroatoms. The van der Waals surface area contributed by atoms with E-state index in [-0.39, 0.29) is 12.3 Å². The van der Waals surface area contributed by atoms with Crippen LogP contribution in [-0.4, -0.2) is 16.8 Å². The molecular weight excluding hydrogens is 262 g/mol. The minimum Gasteiger partial charge on any atom is -0.476 e. The van der Waals surface area contributed by atoms with Crippen LogP contribution in [0.2, 0.25) is 4.34 Å². The molecule has 0 unspecified atom stereocenters. The van der Waals surface area contributed by atoms with Crippen LogP contribution in [0.1, 0.15) is 11.1 Å². The molecule has 0 atom stereocenters. The second-order valence-corrected chi connectivity index (χ2v) is 5.29. The molecule has 4 nitrogen and oxygen atoms in total. The molecule has 3 rings (SSSR count). The van der Waals surface area contributed by atoms with Gasteiger partial charge in [0.15, 0.2) is 5.71 Å². The number of halogens is 1. The number of hydrogen-bond donors (Lipinski definition) is 1. The van der Waals surface area contributed by atoms with E-state index in [0.29, 0.717) is 9.90 Å². The van der Waals surface area contributed by atoms with Gasteiger partial charge in [-0.25, -0.2) is 4.79 Å². The van der Waals surface area contributed by atoms with Gasteiger partial charge in [-0.05, 0) is 12.1 Å². The van der Waals surface area contributed by atoms with Crippen molar-refractivity contribution in [2.75, 3.05) is 0 Å². The van der Waals surface area contributed by atoms with Crippen molar-refractivity contribution in [2.45, 2.75) is 6.61 Å². The highest BCUT2D eigenvalue weighted by Crippen LogP contribution is 2.34. The summed E-state index contributed by atoms with van der Waals surface area (Å²) in [7, 11) is 0. The molecule has 1 aromatic carbocycles. The zero-order valence-corrected chi connectivity index (χ0v) is 10.0. The Bertz CT molecular complexity index is 662. The number of benzene rings is 1. The van der Waals surface area contributed by atoms with E-state index in [1.54, 1.807) is 6.07 Å². The highest BCUT2D eigenvalue weighted by molar-refractivity contribution is 7.22. The van der Waals surface area contributed by atoms with E-state index >= 15 is 0 Å². The second-order valence-electron chi connectivity index (χ2n) is 3.57. The molecule has 2 aromatic rings. The fourth-order valence-electron chi connectivity index (χ4n) is 1.88. The van der Waals surface area contributed by atoms with Crippen molar-refractivity contribution in [1.29, 1.82) is 0 Å². The number of rotatable bonds is 1. The third-order valence-corrected chi connectivity index (χ3v) is 3.83. The summed E-state index contributed by atoms with van der Waals surface area (Å²) in [5, 5.41) is 13.5. The van der Waals surface area contributed by atoms with Crippen LogP contribution in [0.15, 0.2) is 23.4 Å². The standard InChI is InChI=1S/C11H6ClNO3S/c12-9-3-6-7-4-16-13-10(11(14)15)5(7)1-2-8(6)17-9/h1-3H,4H2,(H,14,15). The SMILES string of the molecule is O=C(O)C1=NOCc2c1ccc1sc(Cl)cc21. The first-order chi connectivity index (χ1) is 8.16. The first-order valence-corrected chi connectivity index (χ1v) is 6.01. The normalized spacial score (nSPS) is 14.1. The predicted octanol–water partition coefficient (Wildman–Crippen LogP) is 2.87. The average Bonchev–Trinajstić information content (AvgIpc) is 2.68. The lowest BCUT2D eigenvalue weighted by Crippen LogP contribution is -2.20. The summed E-state index contributed by atoms with van der Waals surface area (Å²) in [6.45, 7) is 0.274. The molecule has 0 bridgehead atoms. The van der Waals surface area contributed by atoms with Crippen LogP contribution in [0.25, 0.3) is 10.1 Å². The Balaban J connectivity index is 2.31. The second kappa shape index (κ2) is 3.72. The lowest BCUT2D eigenvalue weighted by atomic mass is 9.99. The maximum atomic E-state index is 11.0. The van der Waals surface area contributed by atoms with Crippen LogP contribution in [0.5, 0.6) is 0 Å². The smallest absolute Gasteiger partial charge is 0.358 e. The fraction of sp³-hybridized carbons (Fsp3) is 0.0909. The summed E-state index contributed by atoms with van der Waals surface area (Å²) in [6.07, 6.45) is 0. The molecule has 17 heavy (non-hydrogen) atoms. The van der Waals surface area contributed by atoms with Crippen molar-refractivity contribution in [3.05, 3.63) is 33.7 Å². The minimum absolute atomic E-state index is 0.0597. The summed E-state index contributed by atoms with van der Waals surface area (Å²) in [5.74, 6) is -1.09. The maximum absolute atomic E-state index is 11.0. The van der Waals surface area contributed by atoms with Crippen molar-refractivity contribution in [3.8, 4) is 0 Å². The molecule has 2 heterocycles. The van der Waals surface area contributed by atoms with E-state index in [0.717, 1.165) is 15.6 Å². The molecule has 0 spiro atoms. The van der Waals surface area contributed by atoms with Gasteiger partial charge in [-0.3, -0.25) is 0 Å². The van der Waals surface area contributed by atoms with Crippen molar-refractivity contribution < 1.29 is 14.7 Å². The maximum Gasteiger partial charge on any atom is 0.358 e. The molecule has 0 fully saturated rings. The highest BCUT2D eigenvalue weighted by Gasteiger charge is 2.23. The molecule has 1 aromatic heterocycles. The van der Waals surface area contributed by atoms with Gasteiger partial charge < -0.3 is 9.94 Å². The summed E-state index contributed by atoms with van der Waals surface area (Å²) in [4.78, 5) is 16.0. The molecule has 1 aliphatic heterocycles. The number of carboxylic acid groups (broad SMARTS) is 1. The van der Waals surface area contributed by atoms with Crippen LogP contribution < -0.4 is 0 Å². The average molecular weight is 268 g/mol. The lowest BCUT2D eigenvalue weighted by Gasteiger charge is -2.14. The third kappa shape index (κ3) is 1.59. The molecule has 1 aliphatic rings. The Labute approximate surface area is 105 Å². The van der Waals surface area contributed by atoms with Gasteiger partial charge >= 0.3 is 5.97 Å². The molecule has 86 valence electrons. The number of nitrogens with zero attached hydrogens (tertiary/aromatic N) is 1. The summed E-state index contributed by atoms with van der Waals surface area (Å²) in [6, 6.07) is 5.43. The third-order valence-electron chi connectivity index (χ3n) is 2.60. The molecule has 0 amide bonds. The van der Waals surface area contributed by atoms with Crippen molar-refractivity contribution >= 4 is 44.7 Å². The van der Waals surface area contributed by atoms with E-state index in [9.17, 15) is 4.79 Å². The Kier molecular flexibility index (Phi) is 2.31. The number of carbonyl (C=O) groups is 1. The largest absolute Gasteiger partial charge is 0.476 e. The molecule has 0 aliphatic carbocycles. The van der Waals surface area contributed by atoms with E-state index in [1.165, 1.54) is 11.3 Å². The number of carboxylic acids is 1. The lowest BCUT2D eigenvalue weighted by molar-refractivity contribution is -0.129. The number of thiophene rings is 1. The monoisotopic (exact) mass is 267 g/mol. The molecule has 0 saturated carbocycles. The van der Waals surface area contributed by atoms with E-state index in [1.807, 2.05) is 12.1 Å². The summed E-state index contributed by atoms with van der Waals surface area (Å²) in [5.41, 5.74) is 1.37. The molecule has 1 N–H and O–H groups in total. The first kappa shape index (κ1) is 10.6. The van der Waals surface area contributed by atoms with Gasteiger partial charge in [0.2, 0.25) is 0 Å². The van der Waals surface area contributed by atoms with E-state index < -0.39 is 5.97 Å². The van der Waals surface area contributed by atoms with Crippen molar-refractivity contribution in [1.82, 2.24) is 0 Å². The zero-order valence-electron chi connectivity index (χ0n) is 8.44. The Hall–Kier alpha value is -1.59. The molecule has 0 saturated heterocycles. The molecular formula is C11H6ClNO3S.